The van der Waals surface area contributed by atoms with Crippen molar-refractivity contribution < 1.29 is 5.11 Å². The maximum Gasteiger partial charge on any atom is 0.170 e. The maximum absolute atomic E-state index is 9.61. The van der Waals surface area contributed by atoms with E-state index in [1.807, 2.05) is 36.4 Å². The van der Waals surface area contributed by atoms with Gasteiger partial charge in [-0.2, -0.15) is 0 Å². The Kier molecular flexibility index (Phi) is 4.92. The Bertz CT molecular complexity index is 926. The highest BCUT2D eigenvalue weighted by Gasteiger charge is 2.41. The van der Waals surface area contributed by atoms with Gasteiger partial charge in [-0.3, -0.25) is 4.98 Å². The zero-order valence-electron chi connectivity index (χ0n) is 15.1. The number of aryl methyl sites for hydroxylation is 1. The largest absolute Gasteiger partial charge is 0.395 e. The van der Waals surface area contributed by atoms with Crippen LogP contribution in [0.1, 0.15) is 29.2 Å². The molecule has 3 heterocycles. The van der Waals surface area contributed by atoms with Gasteiger partial charge in [-0.15, -0.1) is 0 Å². The number of para-hydroxylation sites is 1. The van der Waals surface area contributed by atoms with Gasteiger partial charge in [0.2, 0.25) is 0 Å². The molecule has 2 aromatic heterocycles. The Balaban J connectivity index is 1.85. The van der Waals surface area contributed by atoms with E-state index in [2.05, 4.69) is 51.0 Å². The average molecular weight is 379 g/mol. The minimum Gasteiger partial charge on any atom is -0.395 e. The van der Waals surface area contributed by atoms with Gasteiger partial charge in [-0.05, 0) is 55.5 Å². The van der Waals surface area contributed by atoms with Crippen molar-refractivity contribution in [1.82, 2.24) is 19.8 Å². The molecule has 138 valence electrons. The van der Waals surface area contributed by atoms with Crippen molar-refractivity contribution in [1.29, 1.82) is 0 Å². The summed E-state index contributed by atoms with van der Waals surface area (Å²) < 4.78 is 2.25. The fourth-order valence-corrected chi connectivity index (χ4v) is 4.13. The summed E-state index contributed by atoms with van der Waals surface area (Å²) in [6.07, 6.45) is 1.80. The molecule has 1 aliphatic heterocycles. The summed E-state index contributed by atoms with van der Waals surface area (Å²) in [5.74, 6) is 0. The highest BCUT2D eigenvalue weighted by molar-refractivity contribution is 7.80. The highest BCUT2D eigenvalue weighted by atomic mass is 32.1. The molecule has 1 fully saturated rings. The SMILES string of the molecule is Cc1ccc([C@H]2[C@H](c3ccccn3)NC(=S)N2CCO)n1-c1ccccc1. The van der Waals surface area contributed by atoms with Crippen molar-refractivity contribution in [3.05, 3.63) is 83.9 Å². The summed E-state index contributed by atoms with van der Waals surface area (Å²) in [6, 6.07) is 20.3. The minimum atomic E-state index is -0.0815. The third-order valence-electron chi connectivity index (χ3n) is 4.96. The first kappa shape index (κ1) is 17.7. The fraction of sp³-hybridized carbons (Fsp3) is 0.238. The van der Waals surface area contributed by atoms with Crippen molar-refractivity contribution in [3.8, 4) is 5.69 Å². The first-order valence-electron chi connectivity index (χ1n) is 9.03. The number of aliphatic hydroxyl groups excluding tert-OH is 1. The third kappa shape index (κ3) is 3.22. The molecule has 0 radical (unpaired) electrons. The second-order valence-corrected chi connectivity index (χ2v) is 7.00. The van der Waals surface area contributed by atoms with Crippen LogP contribution in [0.2, 0.25) is 0 Å². The standard InChI is InChI=1S/C21H22N4OS/c1-15-10-11-18(25(15)16-7-3-2-4-8-16)20-19(17-9-5-6-12-22-17)23-21(27)24(20)13-14-26/h2-12,19-20,26H,13-14H2,1H3,(H,23,27)/t19-,20-/m0/s1. The van der Waals surface area contributed by atoms with Crippen LogP contribution in [0.4, 0.5) is 0 Å². The lowest BCUT2D eigenvalue weighted by Gasteiger charge is -2.28. The van der Waals surface area contributed by atoms with Gasteiger partial charge in [-0.1, -0.05) is 24.3 Å². The Labute approximate surface area is 164 Å². The number of aromatic nitrogens is 2. The van der Waals surface area contributed by atoms with Gasteiger partial charge in [0.05, 0.1) is 24.4 Å². The second-order valence-electron chi connectivity index (χ2n) is 6.61. The summed E-state index contributed by atoms with van der Waals surface area (Å²) in [6.45, 7) is 2.61. The number of pyridine rings is 1. The van der Waals surface area contributed by atoms with E-state index in [1.54, 1.807) is 6.20 Å². The molecule has 1 saturated heterocycles. The van der Waals surface area contributed by atoms with E-state index in [-0.39, 0.29) is 18.7 Å². The molecule has 3 aromatic rings. The van der Waals surface area contributed by atoms with Crippen LogP contribution in [-0.2, 0) is 0 Å². The zero-order chi connectivity index (χ0) is 18.8. The molecule has 0 bridgehead atoms. The van der Waals surface area contributed by atoms with Gasteiger partial charge in [0.15, 0.2) is 5.11 Å². The Morgan fingerprint density at radius 2 is 1.85 bits per heavy atom. The second kappa shape index (κ2) is 7.50. The number of thiocarbonyl (C=S) groups is 1. The van der Waals surface area contributed by atoms with Crippen LogP contribution < -0.4 is 5.32 Å². The number of nitrogens with one attached hydrogen (secondary N) is 1. The van der Waals surface area contributed by atoms with Crippen LogP contribution in [0.15, 0.2) is 66.9 Å². The molecule has 6 heteroatoms. The topological polar surface area (TPSA) is 53.3 Å². The smallest absolute Gasteiger partial charge is 0.170 e. The Hall–Kier alpha value is -2.70. The van der Waals surface area contributed by atoms with Crippen LogP contribution in [-0.4, -0.2) is 37.8 Å². The van der Waals surface area contributed by atoms with Crippen LogP contribution in [0.3, 0.4) is 0 Å². The maximum atomic E-state index is 9.61. The van der Waals surface area contributed by atoms with E-state index >= 15 is 0 Å². The first-order chi connectivity index (χ1) is 13.2. The van der Waals surface area contributed by atoms with Gasteiger partial charge in [0.25, 0.3) is 0 Å². The van der Waals surface area contributed by atoms with Crippen molar-refractivity contribution in [2.75, 3.05) is 13.2 Å². The number of β-amino-alcohol motifs (C(OH)–C–C–N with tert-alkyl or cyclic N) is 1. The lowest BCUT2D eigenvalue weighted by molar-refractivity contribution is 0.220. The van der Waals surface area contributed by atoms with Crippen molar-refractivity contribution in [2.45, 2.75) is 19.0 Å². The number of nitrogens with zero attached hydrogens (tertiary/aromatic N) is 3. The van der Waals surface area contributed by atoms with E-state index in [1.165, 1.54) is 0 Å². The molecule has 0 spiro atoms. The molecule has 2 atom stereocenters. The van der Waals surface area contributed by atoms with Gasteiger partial charge >= 0.3 is 0 Å². The van der Waals surface area contributed by atoms with Gasteiger partial charge in [0.1, 0.15) is 0 Å². The monoisotopic (exact) mass is 378 g/mol. The Morgan fingerprint density at radius 3 is 2.56 bits per heavy atom. The third-order valence-corrected chi connectivity index (χ3v) is 5.31. The number of aliphatic hydroxyl groups is 1. The molecular formula is C21H22N4OS. The summed E-state index contributed by atoms with van der Waals surface area (Å²) in [5.41, 5.74) is 4.31. The minimum absolute atomic E-state index is 0.0400. The van der Waals surface area contributed by atoms with E-state index in [9.17, 15) is 5.11 Å². The number of hydrogen-bond donors (Lipinski definition) is 2. The molecule has 1 aromatic carbocycles. The highest BCUT2D eigenvalue weighted by Crippen LogP contribution is 2.39. The molecule has 0 saturated carbocycles. The molecule has 4 rings (SSSR count). The van der Waals surface area contributed by atoms with Crippen molar-refractivity contribution >= 4 is 17.3 Å². The molecule has 1 aliphatic rings. The van der Waals surface area contributed by atoms with Gasteiger partial charge in [0, 0.05) is 29.8 Å². The molecule has 27 heavy (non-hydrogen) atoms. The van der Waals surface area contributed by atoms with Crippen LogP contribution in [0.5, 0.6) is 0 Å². The lowest BCUT2D eigenvalue weighted by atomic mass is 10.0. The Morgan fingerprint density at radius 1 is 1.07 bits per heavy atom. The van der Waals surface area contributed by atoms with Crippen LogP contribution in [0.25, 0.3) is 5.69 Å². The summed E-state index contributed by atoms with van der Waals surface area (Å²) >= 11 is 5.59. The molecule has 0 unspecified atom stereocenters. The quantitative estimate of drug-likeness (QED) is 0.668. The molecule has 0 aliphatic carbocycles. The molecular weight excluding hydrogens is 356 g/mol. The summed E-state index contributed by atoms with van der Waals surface area (Å²) in [5, 5.41) is 13.7. The molecule has 2 N–H and O–H groups in total. The number of rotatable bonds is 5. The predicted octanol–water partition coefficient (Wildman–Crippen LogP) is 3.15. The lowest BCUT2D eigenvalue weighted by Crippen LogP contribution is -2.33. The first-order valence-corrected chi connectivity index (χ1v) is 9.44. The van der Waals surface area contributed by atoms with E-state index in [0.717, 1.165) is 22.8 Å². The van der Waals surface area contributed by atoms with Crippen molar-refractivity contribution in [3.63, 3.8) is 0 Å². The normalized spacial score (nSPS) is 19.3. The van der Waals surface area contributed by atoms with Crippen molar-refractivity contribution in [2.24, 2.45) is 0 Å². The van der Waals surface area contributed by atoms with Crippen LogP contribution >= 0.6 is 12.2 Å². The van der Waals surface area contributed by atoms with E-state index < -0.39 is 0 Å². The number of benzene rings is 1. The summed E-state index contributed by atoms with van der Waals surface area (Å²) in [4.78, 5) is 6.61. The van der Waals surface area contributed by atoms with Crippen LogP contribution in [0, 0.1) is 6.92 Å². The predicted molar refractivity (Wildman–Crippen MR) is 110 cm³/mol. The summed E-state index contributed by atoms with van der Waals surface area (Å²) in [7, 11) is 0. The fourth-order valence-electron chi connectivity index (χ4n) is 3.79. The average Bonchev–Trinajstić information content (AvgIpc) is 3.23. The van der Waals surface area contributed by atoms with Gasteiger partial charge < -0.3 is 19.9 Å². The molecule has 0 amide bonds. The van der Waals surface area contributed by atoms with E-state index in [4.69, 9.17) is 12.2 Å². The van der Waals surface area contributed by atoms with E-state index in [0.29, 0.717) is 11.7 Å². The molecule has 5 nitrogen and oxygen atoms in total. The number of hydrogen-bond acceptors (Lipinski definition) is 3. The van der Waals surface area contributed by atoms with Gasteiger partial charge in [-0.25, -0.2) is 0 Å². The zero-order valence-corrected chi connectivity index (χ0v) is 15.9.